The van der Waals surface area contributed by atoms with Crippen LogP contribution in [0.25, 0.3) is 11.5 Å². The number of carbonyl (C=O) groups is 2. The Bertz CT molecular complexity index is 1160. The first-order chi connectivity index (χ1) is 15.8. The van der Waals surface area contributed by atoms with E-state index < -0.39 is 0 Å². The van der Waals surface area contributed by atoms with E-state index in [1.807, 2.05) is 50.2 Å². The smallest absolute Gasteiger partial charge is 0.249 e. The maximum atomic E-state index is 13.4. The Hall–Kier alpha value is -3.19. The molecule has 0 saturated heterocycles. The number of carbonyl (C=O) groups excluding carboxylic acids is 2. The quantitative estimate of drug-likeness (QED) is 0.527. The number of aromatic nitrogens is 2. The second-order valence-electron chi connectivity index (χ2n) is 8.48. The van der Waals surface area contributed by atoms with Gasteiger partial charge in [-0.3, -0.25) is 9.59 Å². The van der Waals surface area contributed by atoms with Gasteiger partial charge in [0, 0.05) is 19.5 Å². The number of benzene rings is 2. The van der Waals surface area contributed by atoms with Gasteiger partial charge < -0.3 is 14.2 Å². The van der Waals surface area contributed by atoms with Crippen LogP contribution in [0.3, 0.4) is 0 Å². The van der Waals surface area contributed by atoms with Crippen LogP contribution in [-0.2, 0) is 22.6 Å². The van der Waals surface area contributed by atoms with Crippen LogP contribution < -0.4 is 0 Å². The lowest BCUT2D eigenvalue weighted by molar-refractivity contribution is -0.138. The molecule has 3 aromatic rings. The van der Waals surface area contributed by atoms with Crippen LogP contribution in [0, 0.1) is 0 Å². The number of hydrogen-bond donors (Lipinski definition) is 0. The van der Waals surface area contributed by atoms with E-state index in [9.17, 15) is 9.59 Å². The molecule has 1 aliphatic rings. The number of amides is 2. The Labute approximate surface area is 198 Å². The molecule has 2 heterocycles. The van der Waals surface area contributed by atoms with Crippen molar-refractivity contribution in [1.82, 2.24) is 20.0 Å². The van der Waals surface area contributed by atoms with Gasteiger partial charge >= 0.3 is 0 Å². The van der Waals surface area contributed by atoms with Crippen molar-refractivity contribution in [3.8, 4) is 11.5 Å². The first-order valence-electron chi connectivity index (χ1n) is 11.1. The zero-order chi connectivity index (χ0) is 23.5. The summed E-state index contributed by atoms with van der Waals surface area (Å²) in [5, 5.41) is 8.76. The predicted octanol–water partition coefficient (Wildman–Crippen LogP) is 4.66. The van der Waals surface area contributed by atoms with Gasteiger partial charge in [-0.2, -0.15) is 0 Å². The van der Waals surface area contributed by atoms with Gasteiger partial charge in [0.1, 0.15) is 0 Å². The third-order valence-corrected chi connectivity index (χ3v) is 6.33. The number of nitrogens with zero attached hydrogens (tertiary/aromatic N) is 4. The van der Waals surface area contributed by atoms with Crippen molar-refractivity contribution in [2.45, 2.75) is 52.2 Å². The second-order valence-corrected chi connectivity index (χ2v) is 8.88. The molecule has 0 aliphatic carbocycles. The van der Waals surface area contributed by atoms with Gasteiger partial charge in [0.15, 0.2) is 0 Å². The van der Waals surface area contributed by atoms with Crippen LogP contribution in [0.1, 0.15) is 50.3 Å². The summed E-state index contributed by atoms with van der Waals surface area (Å²) in [7, 11) is 0. The van der Waals surface area contributed by atoms with Gasteiger partial charge in [0.2, 0.25) is 23.6 Å². The predicted molar refractivity (Wildman–Crippen MR) is 125 cm³/mol. The van der Waals surface area contributed by atoms with Gasteiger partial charge in [-0.15, -0.1) is 10.2 Å². The molecule has 1 unspecified atom stereocenters. The molecule has 0 fully saturated rings. The van der Waals surface area contributed by atoms with Crippen LogP contribution in [0.5, 0.6) is 0 Å². The Kier molecular flexibility index (Phi) is 6.79. The normalized spacial score (nSPS) is 15.4. The Morgan fingerprint density at radius 1 is 1.15 bits per heavy atom. The first-order valence-corrected chi connectivity index (χ1v) is 11.4. The number of hydrogen-bond acceptors (Lipinski definition) is 5. The van der Waals surface area contributed by atoms with Gasteiger partial charge in [0.25, 0.3) is 0 Å². The molecule has 1 atom stereocenters. The average Bonchev–Trinajstić information content (AvgIpc) is 3.26. The lowest BCUT2D eigenvalue weighted by Crippen LogP contribution is -2.43. The monoisotopic (exact) mass is 466 g/mol. The number of fused-ring (bicyclic) bond motifs is 1. The van der Waals surface area contributed by atoms with Crippen LogP contribution in [0.4, 0.5) is 0 Å². The zero-order valence-electron chi connectivity index (χ0n) is 19.0. The van der Waals surface area contributed by atoms with Crippen molar-refractivity contribution in [2.75, 3.05) is 6.54 Å². The maximum Gasteiger partial charge on any atom is 0.249 e. The topological polar surface area (TPSA) is 79.5 Å². The van der Waals surface area contributed by atoms with Crippen molar-refractivity contribution in [2.24, 2.45) is 0 Å². The third kappa shape index (κ3) is 4.93. The summed E-state index contributed by atoms with van der Waals surface area (Å²) in [6.07, 6.45) is 0.988. The zero-order valence-corrected chi connectivity index (χ0v) is 19.7. The molecule has 0 bridgehead atoms. The average molecular weight is 467 g/mol. The molecule has 1 aromatic heterocycles. The van der Waals surface area contributed by atoms with Crippen molar-refractivity contribution in [3.05, 3.63) is 70.6 Å². The molecule has 0 N–H and O–H groups in total. The van der Waals surface area contributed by atoms with Crippen LogP contribution >= 0.6 is 11.6 Å². The summed E-state index contributed by atoms with van der Waals surface area (Å²) >= 11 is 6.24. The summed E-state index contributed by atoms with van der Waals surface area (Å²) in [6, 6.07) is 14.9. The van der Waals surface area contributed by atoms with Gasteiger partial charge in [-0.25, -0.2) is 0 Å². The van der Waals surface area contributed by atoms with Gasteiger partial charge in [-0.05, 0) is 43.5 Å². The minimum atomic E-state index is -0.289. The highest BCUT2D eigenvalue weighted by Crippen LogP contribution is 2.33. The van der Waals surface area contributed by atoms with E-state index in [2.05, 4.69) is 16.3 Å². The lowest BCUT2D eigenvalue weighted by Gasteiger charge is -2.38. The van der Waals surface area contributed by atoms with E-state index in [0.29, 0.717) is 28.9 Å². The molecule has 7 nitrogen and oxygen atoms in total. The first kappa shape index (κ1) is 23.0. The molecule has 33 heavy (non-hydrogen) atoms. The van der Waals surface area contributed by atoms with Crippen LogP contribution in [-0.4, -0.2) is 44.4 Å². The van der Waals surface area contributed by atoms with Crippen molar-refractivity contribution in [3.63, 3.8) is 0 Å². The fourth-order valence-electron chi connectivity index (χ4n) is 4.30. The van der Waals surface area contributed by atoms with E-state index in [1.54, 1.807) is 22.8 Å². The standard InChI is InChI=1S/C25H27ClN4O3/c1-16(2)30(15-23-27-28-25(33-23)20-10-6-7-11-21(20)26)24(32)14-22-19-9-5-4-8-18(19)12-13-29(22)17(3)31/h4-11,16,22H,12-15H2,1-3H3. The highest BCUT2D eigenvalue weighted by Gasteiger charge is 2.33. The molecule has 1 aliphatic heterocycles. The molecule has 8 heteroatoms. The molecule has 4 rings (SSSR count). The molecule has 0 spiro atoms. The minimum Gasteiger partial charge on any atom is -0.419 e. The maximum absolute atomic E-state index is 13.4. The van der Waals surface area contributed by atoms with Crippen molar-refractivity contribution < 1.29 is 14.0 Å². The summed E-state index contributed by atoms with van der Waals surface area (Å²) in [4.78, 5) is 29.3. The lowest BCUT2D eigenvalue weighted by atomic mass is 9.90. The number of halogens is 1. The van der Waals surface area contributed by atoms with E-state index in [-0.39, 0.29) is 36.9 Å². The molecule has 2 aromatic carbocycles. The fraction of sp³-hybridized carbons (Fsp3) is 0.360. The van der Waals surface area contributed by atoms with Crippen LogP contribution in [0.15, 0.2) is 52.9 Å². The Balaban J connectivity index is 1.55. The highest BCUT2D eigenvalue weighted by atomic mass is 35.5. The summed E-state index contributed by atoms with van der Waals surface area (Å²) in [5.41, 5.74) is 2.87. The molecular formula is C25H27ClN4O3. The van der Waals surface area contributed by atoms with Crippen molar-refractivity contribution >= 4 is 23.4 Å². The summed E-state index contributed by atoms with van der Waals surface area (Å²) < 4.78 is 5.82. The van der Waals surface area contributed by atoms with E-state index in [1.165, 1.54) is 5.56 Å². The Morgan fingerprint density at radius 2 is 1.88 bits per heavy atom. The van der Waals surface area contributed by atoms with Gasteiger partial charge in [-0.1, -0.05) is 48.0 Å². The highest BCUT2D eigenvalue weighted by molar-refractivity contribution is 6.33. The molecule has 0 saturated carbocycles. The molecule has 2 amide bonds. The summed E-state index contributed by atoms with van der Waals surface area (Å²) in [6.45, 7) is 6.24. The number of rotatable bonds is 6. The second kappa shape index (κ2) is 9.75. The Morgan fingerprint density at radius 3 is 2.61 bits per heavy atom. The van der Waals surface area contributed by atoms with E-state index in [0.717, 1.165) is 12.0 Å². The molecule has 172 valence electrons. The van der Waals surface area contributed by atoms with E-state index >= 15 is 0 Å². The minimum absolute atomic E-state index is 0.0281. The molecule has 0 radical (unpaired) electrons. The SMILES string of the molecule is CC(=O)N1CCc2ccccc2C1CC(=O)N(Cc1nnc(-c2ccccc2Cl)o1)C(C)C. The van der Waals surface area contributed by atoms with E-state index in [4.69, 9.17) is 16.0 Å². The van der Waals surface area contributed by atoms with Crippen molar-refractivity contribution in [1.29, 1.82) is 0 Å². The van der Waals surface area contributed by atoms with Crippen LogP contribution in [0.2, 0.25) is 5.02 Å². The third-order valence-electron chi connectivity index (χ3n) is 6.01. The molecular weight excluding hydrogens is 440 g/mol. The van der Waals surface area contributed by atoms with Gasteiger partial charge in [0.05, 0.1) is 29.6 Å². The summed E-state index contributed by atoms with van der Waals surface area (Å²) in [5.74, 6) is 0.547. The largest absolute Gasteiger partial charge is 0.419 e. The fourth-order valence-corrected chi connectivity index (χ4v) is 4.51.